The van der Waals surface area contributed by atoms with Crippen molar-refractivity contribution < 1.29 is 0 Å². The highest BCUT2D eigenvalue weighted by atomic mass is 32.1. The van der Waals surface area contributed by atoms with Gasteiger partial charge in [0.15, 0.2) is 10.5 Å². The molecule has 3 aromatic rings. The van der Waals surface area contributed by atoms with Crippen LogP contribution in [0.3, 0.4) is 0 Å². The minimum absolute atomic E-state index is 0.596. The Morgan fingerprint density at radius 3 is 2.94 bits per heavy atom. The van der Waals surface area contributed by atoms with E-state index in [0.29, 0.717) is 12.2 Å². The lowest BCUT2D eigenvalue weighted by molar-refractivity contribution is 0.708. The molecule has 7 heteroatoms. The van der Waals surface area contributed by atoms with Gasteiger partial charge in [0.1, 0.15) is 10.7 Å². The lowest BCUT2D eigenvalue weighted by atomic mass is 10.5. The molecule has 3 rings (SSSR count). The molecule has 3 heterocycles. The van der Waals surface area contributed by atoms with Crippen LogP contribution >= 0.6 is 11.3 Å². The van der Waals surface area contributed by atoms with Crippen molar-refractivity contribution in [2.45, 2.75) is 6.54 Å². The third-order valence-corrected chi connectivity index (χ3v) is 3.26. The second-order valence-corrected chi connectivity index (χ2v) is 4.47. The second-order valence-electron chi connectivity index (χ2n) is 3.49. The first-order valence-electron chi connectivity index (χ1n) is 5.16. The quantitative estimate of drug-likeness (QED) is 0.742. The molecule has 0 aliphatic carbocycles. The average Bonchev–Trinajstić information content (AvgIpc) is 2.94. The zero-order valence-electron chi connectivity index (χ0n) is 8.95. The van der Waals surface area contributed by atoms with E-state index in [0.717, 1.165) is 22.1 Å². The van der Waals surface area contributed by atoms with E-state index in [1.807, 2.05) is 10.8 Å². The molecular formula is C10H10N6S. The Morgan fingerprint density at radius 2 is 2.12 bits per heavy atom. The largest absolute Gasteiger partial charge is 0.335 e. The topological polar surface area (TPSA) is 82.5 Å². The molecule has 0 aliphatic heterocycles. The van der Waals surface area contributed by atoms with Crippen LogP contribution in [0.5, 0.6) is 0 Å². The van der Waals surface area contributed by atoms with Gasteiger partial charge in [0.2, 0.25) is 0 Å². The van der Waals surface area contributed by atoms with E-state index in [1.54, 1.807) is 18.7 Å². The van der Waals surface area contributed by atoms with E-state index in [9.17, 15) is 0 Å². The Hall–Kier alpha value is -1.86. The molecule has 0 unspecified atom stereocenters. The Morgan fingerprint density at radius 1 is 1.24 bits per heavy atom. The number of fused-ring (bicyclic) bond motifs is 1. The van der Waals surface area contributed by atoms with Crippen LogP contribution in [0.2, 0.25) is 0 Å². The van der Waals surface area contributed by atoms with Crippen molar-refractivity contribution in [3.63, 3.8) is 0 Å². The summed E-state index contributed by atoms with van der Waals surface area (Å²) in [5, 5.41) is 0.835. The molecule has 0 aliphatic rings. The summed E-state index contributed by atoms with van der Waals surface area (Å²) in [6.07, 6.45) is 7.00. The maximum Gasteiger partial charge on any atom is 0.190 e. The van der Waals surface area contributed by atoms with Crippen LogP contribution in [-0.2, 0) is 6.54 Å². The Balaban J connectivity index is 2.01. The normalized spacial score (nSPS) is 11.1. The monoisotopic (exact) mass is 246 g/mol. The summed E-state index contributed by atoms with van der Waals surface area (Å²) in [5.41, 5.74) is 6.99. The van der Waals surface area contributed by atoms with Gasteiger partial charge in [-0.3, -0.25) is 0 Å². The summed E-state index contributed by atoms with van der Waals surface area (Å²) >= 11 is 1.49. The fourth-order valence-electron chi connectivity index (χ4n) is 1.53. The molecule has 2 N–H and O–H groups in total. The van der Waals surface area contributed by atoms with E-state index in [-0.39, 0.29) is 0 Å². The predicted molar refractivity (Wildman–Crippen MR) is 65.5 cm³/mol. The minimum atomic E-state index is 0.596. The fraction of sp³-hybridized carbons (Fsp3) is 0.200. The molecular weight excluding hydrogens is 236 g/mol. The summed E-state index contributed by atoms with van der Waals surface area (Å²) in [4.78, 5) is 17.9. The number of imidazole rings is 1. The minimum Gasteiger partial charge on any atom is -0.335 e. The van der Waals surface area contributed by atoms with Crippen molar-refractivity contribution in [2.24, 2.45) is 5.73 Å². The highest BCUT2D eigenvalue weighted by Gasteiger charge is 2.09. The van der Waals surface area contributed by atoms with Gasteiger partial charge in [-0.25, -0.2) is 19.9 Å². The van der Waals surface area contributed by atoms with Crippen LogP contribution in [0.25, 0.3) is 21.2 Å². The molecule has 3 aromatic heterocycles. The molecule has 0 radical (unpaired) electrons. The van der Waals surface area contributed by atoms with Gasteiger partial charge in [-0.1, -0.05) is 11.3 Å². The maximum absolute atomic E-state index is 5.49. The van der Waals surface area contributed by atoms with Crippen LogP contribution in [0, 0.1) is 0 Å². The molecule has 6 nitrogen and oxygen atoms in total. The van der Waals surface area contributed by atoms with Gasteiger partial charge in [0.25, 0.3) is 0 Å². The molecule has 0 aromatic carbocycles. The molecule has 0 bridgehead atoms. The van der Waals surface area contributed by atoms with E-state index >= 15 is 0 Å². The van der Waals surface area contributed by atoms with Gasteiger partial charge in [-0.15, -0.1) is 0 Å². The van der Waals surface area contributed by atoms with E-state index < -0.39 is 0 Å². The van der Waals surface area contributed by atoms with Crippen molar-refractivity contribution in [3.8, 4) is 10.7 Å². The van der Waals surface area contributed by atoms with Crippen molar-refractivity contribution in [3.05, 3.63) is 24.9 Å². The lowest BCUT2D eigenvalue weighted by Crippen LogP contribution is -2.07. The first kappa shape index (κ1) is 10.3. The van der Waals surface area contributed by atoms with Crippen LogP contribution in [0.15, 0.2) is 24.9 Å². The Labute approximate surface area is 101 Å². The van der Waals surface area contributed by atoms with Gasteiger partial charge < -0.3 is 10.3 Å². The van der Waals surface area contributed by atoms with Crippen LogP contribution in [0.1, 0.15) is 0 Å². The molecule has 0 amide bonds. The fourth-order valence-corrected chi connectivity index (χ4v) is 2.36. The highest BCUT2D eigenvalue weighted by molar-refractivity contribution is 7.21. The maximum atomic E-state index is 5.49. The molecule has 0 saturated carbocycles. The van der Waals surface area contributed by atoms with Crippen molar-refractivity contribution in [2.75, 3.05) is 6.54 Å². The summed E-state index contributed by atoms with van der Waals surface area (Å²) in [6.45, 7) is 1.35. The zero-order chi connectivity index (χ0) is 11.7. The Bertz CT molecular complexity index is 610. The van der Waals surface area contributed by atoms with Gasteiger partial charge in [0, 0.05) is 31.7 Å². The number of nitrogens with two attached hydrogens (primary N) is 1. The van der Waals surface area contributed by atoms with E-state index in [2.05, 4.69) is 19.9 Å². The SMILES string of the molecule is NCCn1cnc(-c2nc3nccnc3s2)c1. The first-order valence-corrected chi connectivity index (χ1v) is 5.98. The van der Waals surface area contributed by atoms with Gasteiger partial charge >= 0.3 is 0 Å². The first-order chi connectivity index (χ1) is 8.36. The Kier molecular flexibility index (Phi) is 2.54. The van der Waals surface area contributed by atoms with Gasteiger partial charge in [-0.05, 0) is 0 Å². The van der Waals surface area contributed by atoms with Gasteiger partial charge in [0.05, 0.1) is 6.33 Å². The summed E-state index contributed by atoms with van der Waals surface area (Å²) < 4.78 is 1.95. The van der Waals surface area contributed by atoms with Crippen molar-refractivity contribution >= 4 is 21.8 Å². The zero-order valence-corrected chi connectivity index (χ0v) is 9.76. The van der Waals surface area contributed by atoms with Gasteiger partial charge in [-0.2, -0.15) is 0 Å². The lowest BCUT2D eigenvalue weighted by Gasteiger charge is -1.94. The number of thiazole rings is 1. The van der Waals surface area contributed by atoms with Crippen molar-refractivity contribution in [1.29, 1.82) is 0 Å². The molecule has 0 saturated heterocycles. The molecule has 0 atom stereocenters. The number of nitrogens with zero attached hydrogens (tertiary/aromatic N) is 5. The highest BCUT2D eigenvalue weighted by Crippen LogP contribution is 2.26. The number of hydrogen-bond acceptors (Lipinski definition) is 6. The van der Waals surface area contributed by atoms with Crippen molar-refractivity contribution in [1.82, 2.24) is 24.5 Å². The molecule has 17 heavy (non-hydrogen) atoms. The summed E-state index contributed by atoms with van der Waals surface area (Å²) in [7, 11) is 0. The summed E-state index contributed by atoms with van der Waals surface area (Å²) in [5.74, 6) is 0. The predicted octanol–water partition coefficient (Wildman–Crippen LogP) is 0.908. The summed E-state index contributed by atoms with van der Waals surface area (Å²) in [6, 6.07) is 0. The molecule has 0 spiro atoms. The third-order valence-electron chi connectivity index (χ3n) is 2.29. The number of rotatable bonds is 3. The average molecular weight is 246 g/mol. The van der Waals surface area contributed by atoms with Crippen LogP contribution in [0.4, 0.5) is 0 Å². The molecule has 0 fully saturated rings. The van der Waals surface area contributed by atoms with Crippen LogP contribution in [-0.4, -0.2) is 31.0 Å². The van der Waals surface area contributed by atoms with E-state index in [4.69, 9.17) is 5.73 Å². The smallest absolute Gasteiger partial charge is 0.190 e. The molecule has 86 valence electrons. The number of aromatic nitrogens is 5. The third kappa shape index (κ3) is 1.90. The second kappa shape index (κ2) is 4.19. The van der Waals surface area contributed by atoms with Crippen LogP contribution < -0.4 is 5.73 Å². The standard InChI is InChI=1S/C10H10N6S/c11-1-4-16-5-7(14-6-16)9-15-8-10(17-9)13-3-2-12-8/h2-3,5-6H,1,4,11H2. The van der Waals surface area contributed by atoms with E-state index in [1.165, 1.54) is 11.3 Å². The number of hydrogen-bond donors (Lipinski definition) is 1.